The standard InChI is InChI=1S/C3H4N2O2S/c1-7-3-2-4-8(6)5-3/h2H,1H3. The van der Waals surface area contributed by atoms with Crippen LogP contribution < -0.4 is 0 Å². The van der Waals surface area contributed by atoms with Crippen LogP contribution in [0.1, 0.15) is 0 Å². The minimum Gasteiger partial charge on any atom is -0.479 e. The van der Waals surface area contributed by atoms with E-state index in [1.807, 2.05) is 0 Å². The fraction of sp³-hybridized carbons (Fsp3) is 0.333. The van der Waals surface area contributed by atoms with Crippen LogP contribution in [0.5, 0.6) is 0 Å². The summed E-state index contributed by atoms with van der Waals surface area (Å²) in [5.74, 6) is 0.323. The largest absolute Gasteiger partial charge is 0.479 e. The predicted molar refractivity (Wildman–Crippen MR) is 31.1 cm³/mol. The lowest BCUT2D eigenvalue weighted by molar-refractivity contribution is 0.414. The summed E-state index contributed by atoms with van der Waals surface area (Å²) in [5.41, 5.74) is 0. The van der Waals surface area contributed by atoms with Gasteiger partial charge in [0, 0.05) is 0 Å². The highest BCUT2D eigenvalue weighted by atomic mass is 32.2. The molecule has 0 bridgehead atoms. The predicted octanol–water partition coefficient (Wildman–Crippen LogP) is -0.306. The van der Waals surface area contributed by atoms with Crippen LogP contribution in [0.3, 0.4) is 0 Å². The monoisotopic (exact) mass is 132 g/mol. The molecule has 1 rings (SSSR count). The molecule has 1 atom stereocenters. The Morgan fingerprint density at radius 3 is 2.88 bits per heavy atom. The van der Waals surface area contributed by atoms with Crippen LogP contribution in [0, 0.1) is 0 Å². The van der Waals surface area contributed by atoms with E-state index >= 15 is 0 Å². The van der Waals surface area contributed by atoms with Crippen LogP contribution in [0.25, 0.3) is 0 Å². The number of nitrogens with zero attached hydrogens (tertiary/aromatic N) is 2. The first kappa shape index (κ1) is 5.43. The lowest BCUT2D eigenvalue weighted by atomic mass is 10.7. The van der Waals surface area contributed by atoms with E-state index in [4.69, 9.17) is 0 Å². The maximum absolute atomic E-state index is 10.3. The first-order chi connectivity index (χ1) is 3.83. The van der Waals surface area contributed by atoms with Gasteiger partial charge in [0.25, 0.3) is 11.2 Å². The molecule has 0 aliphatic carbocycles. The van der Waals surface area contributed by atoms with E-state index in [-0.39, 0.29) is 0 Å². The van der Waals surface area contributed by atoms with Gasteiger partial charge in [-0.05, 0) is 0 Å². The van der Waals surface area contributed by atoms with Crippen LogP contribution >= 0.6 is 0 Å². The molecule has 0 aromatic rings. The number of methoxy groups -OCH3 is 1. The summed E-state index contributed by atoms with van der Waals surface area (Å²) in [6.07, 6.45) is 1.33. The summed E-state index contributed by atoms with van der Waals surface area (Å²) in [7, 11) is 1.45. The summed E-state index contributed by atoms with van der Waals surface area (Å²) < 4.78 is 21.7. The highest BCUT2D eigenvalue weighted by molar-refractivity contribution is 7.83. The van der Waals surface area contributed by atoms with Crippen molar-refractivity contribution in [1.29, 1.82) is 0 Å². The molecule has 0 spiro atoms. The van der Waals surface area contributed by atoms with Gasteiger partial charge >= 0.3 is 0 Å². The molecule has 0 N–H and O–H groups in total. The van der Waals surface area contributed by atoms with E-state index in [1.54, 1.807) is 0 Å². The van der Waals surface area contributed by atoms with Crippen molar-refractivity contribution < 1.29 is 8.95 Å². The maximum atomic E-state index is 10.3. The van der Waals surface area contributed by atoms with Gasteiger partial charge in [-0.1, -0.05) is 0 Å². The molecule has 44 valence electrons. The molecule has 0 amide bonds. The molecule has 0 saturated heterocycles. The molecular formula is C3H4N2O2S. The van der Waals surface area contributed by atoms with Gasteiger partial charge in [-0.3, -0.25) is 0 Å². The van der Waals surface area contributed by atoms with Crippen molar-refractivity contribution in [3.63, 3.8) is 0 Å². The molecule has 1 aliphatic rings. The summed E-state index contributed by atoms with van der Waals surface area (Å²) in [5, 5.41) is 0. The molecule has 0 saturated carbocycles. The minimum absolute atomic E-state index is 0.323. The Balaban J connectivity index is 2.72. The fourth-order valence-corrected chi connectivity index (χ4v) is 0.807. The van der Waals surface area contributed by atoms with E-state index in [9.17, 15) is 4.21 Å². The van der Waals surface area contributed by atoms with E-state index in [0.717, 1.165) is 0 Å². The van der Waals surface area contributed by atoms with Crippen molar-refractivity contribution in [1.82, 2.24) is 0 Å². The topological polar surface area (TPSA) is 51.0 Å². The van der Waals surface area contributed by atoms with Gasteiger partial charge in [-0.25, -0.2) is 4.21 Å². The third kappa shape index (κ3) is 0.919. The molecular weight excluding hydrogens is 128 g/mol. The van der Waals surface area contributed by atoms with Crippen molar-refractivity contribution in [3.8, 4) is 0 Å². The van der Waals surface area contributed by atoms with Crippen LogP contribution in [0.15, 0.2) is 8.80 Å². The fourth-order valence-electron chi connectivity index (χ4n) is 0.304. The first-order valence-electron chi connectivity index (χ1n) is 1.91. The van der Waals surface area contributed by atoms with Crippen LogP contribution in [-0.4, -0.2) is 23.4 Å². The zero-order chi connectivity index (χ0) is 5.98. The molecule has 1 heterocycles. The van der Waals surface area contributed by atoms with E-state index < -0.39 is 11.2 Å². The average molecular weight is 132 g/mol. The number of hydrogen-bond acceptors (Lipinski definition) is 2. The van der Waals surface area contributed by atoms with Crippen LogP contribution in [-0.2, 0) is 15.9 Å². The van der Waals surface area contributed by atoms with E-state index in [1.165, 1.54) is 13.3 Å². The van der Waals surface area contributed by atoms with Crippen LogP contribution in [0.4, 0.5) is 0 Å². The normalized spacial score (nSPS) is 25.6. The Kier molecular flexibility index (Phi) is 1.38. The SMILES string of the molecule is COC1=NS(=O)N=C1. The maximum Gasteiger partial charge on any atom is 0.269 e. The second kappa shape index (κ2) is 2.04. The molecule has 4 nitrogen and oxygen atoms in total. The highest BCUT2D eigenvalue weighted by Gasteiger charge is 2.04. The second-order valence-corrected chi connectivity index (χ2v) is 1.95. The van der Waals surface area contributed by atoms with Gasteiger partial charge in [0.2, 0.25) is 5.90 Å². The summed E-state index contributed by atoms with van der Waals surface area (Å²) in [6, 6.07) is 0. The average Bonchev–Trinajstić information content (AvgIpc) is 2.14. The van der Waals surface area contributed by atoms with Crippen LogP contribution in [0.2, 0.25) is 0 Å². The van der Waals surface area contributed by atoms with E-state index in [2.05, 4.69) is 13.5 Å². The minimum atomic E-state index is -1.42. The summed E-state index contributed by atoms with van der Waals surface area (Å²) >= 11 is -1.42. The molecule has 1 unspecified atom stereocenters. The van der Waals surface area contributed by atoms with Gasteiger partial charge in [-0.2, -0.15) is 4.40 Å². The van der Waals surface area contributed by atoms with E-state index in [0.29, 0.717) is 5.90 Å². The Hall–Kier alpha value is -0.710. The quantitative estimate of drug-likeness (QED) is 0.454. The lowest BCUT2D eigenvalue weighted by Gasteiger charge is -1.86. The first-order valence-corrected chi connectivity index (χ1v) is 2.98. The number of rotatable bonds is 0. The summed E-state index contributed by atoms with van der Waals surface area (Å²) in [6.45, 7) is 0. The smallest absolute Gasteiger partial charge is 0.269 e. The third-order valence-corrected chi connectivity index (χ3v) is 1.25. The van der Waals surface area contributed by atoms with Crippen molar-refractivity contribution >= 4 is 23.3 Å². The number of hydrogen-bond donors (Lipinski definition) is 0. The van der Waals surface area contributed by atoms with Crippen molar-refractivity contribution in [2.24, 2.45) is 8.80 Å². The van der Waals surface area contributed by atoms with Gasteiger partial charge in [0.1, 0.15) is 6.21 Å². The Morgan fingerprint density at radius 2 is 2.62 bits per heavy atom. The third-order valence-electron chi connectivity index (χ3n) is 0.631. The molecule has 0 fully saturated rings. The molecule has 1 aliphatic heterocycles. The Bertz CT molecular complexity index is 174. The Labute approximate surface area is 49.0 Å². The lowest BCUT2D eigenvalue weighted by Crippen LogP contribution is -1.97. The molecule has 0 aromatic heterocycles. The molecule has 5 heteroatoms. The molecule has 0 radical (unpaired) electrons. The van der Waals surface area contributed by atoms with Crippen molar-refractivity contribution in [3.05, 3.63) is 0 Å². The van der Waals surface area contributed by atoms with Gasteiger partial charge in [-0.15, -0.1) is 4.40 Å². The van der Waals surface area contributed by atoms with Gasteiger partial charge < -0.3 is 4.74 Å². The van der Waals surface area contributed by atoms with Gasteiger partial charge in [0.05, 0.1) is 7.11 Å². The summed E-state index contributed by atoms with van der Waals surface area (Å²) in [4.78, 5) is 0. The number of ether oxygens (including phenoxy) is 1. The second-order valence-electron chi connectivity index (χ2n) is 1.10. The Morgan fingerprint density at radius 1 is 1.88 bits per heavy atom. The molecule has 0 aromatic carbocycles. The molecule has 8 heavy (non-hydrogen) atoms. The van der Waals surface area contributed by atoms with Crippen molar-refractivity contribution in [2.75, 3.05) is 7.11 Å². The highest BCUT2D eigenvalue weighted by Crippen LogP contribution is 1.94. The van der Waals surface area contributed by atoms with Crippen molar-refractivity contribution in [2.45, 2.75) is 0 Å². The zero-order valence-electron chi connectivity index (χ0n) is 4.20. The zero-order valence-corrected chi connectivity index (χ0v) is 5.01. The van der Waals surface area contributed by atoms with Gasteiger partial charge in [0.15, 0.2) is 0 Å².